The Kier molecular flexibility index (Phi) is 8.86. The molecular weight excluding hydrogens is 446 g/mol. The Morgan fingerprint density at radius 1 is 1.11 bits per heavy atom. The minimum atomic E-state index is -0.182. The van der Waals surface area contributed by atoms with Crippen molar-refractivity contribution in [3.8, 4) is 0 Å². The van der Waals surface area contributed by atoms with Gasteiger partial charge in [-0.15, -0.1) is 0 Å². The van der Waals surface area contributed by atoms with Gasteiger partial charge in [0, 0.05) is 24.8 Å². The van der Waals surface area contributed by atoms with Crippen molar-refractivity contribution in [1.29, 1.82) is 0 Å². The van der Waals surface area contributed by atoms with E-state index in [9.17, 15) is 9.59 Å². The highest BCUT2D eigenvalue weighted by molar-refractivity contribution is 6.04. The summed E-state index contributed by atoms with van der Waals surface area (Å²) in [6, 6.07) is 13.4. The van der Waals surface area contributed by atoms with Crippen molar-refractivity contribution in [3.63, 3.8) is 0 Å². The Bertz CT molecular complexity index is 1030. The molecule has 1 atom stereocenters. The van der Waals surface area contributed by atoms with E-state index in [-0.39, 0.29) is 24.4 Å². The molecule has 1 unspecified atom stereocenters. The first-order chi connectivity index (χ1) is 17.1. The molecule has 1 N–H and O–H groups in total. The van der Waals surface area contributed by atoms with E-state index in [2.05, 4.69) is 16.5 Å². The highest BCUT2D eigenvalue weighted by Gasteiger charge is 2.22. The van der Waals surface area contributed by atoms with Crippen LogP contribution in [0.15, 0.2) is 47.6 Å². The van der Waals surface area contributed by atoms with Gasteiger partial charge < -0.3 is 19.5 Å². The Balaban J connectivity index is 1.31. The molecule has 186 valence electrons. The molecular formula is C27H33N3O5. The van der Waals surface area contributed by atoms with E-state index < -0.39 is 0 Å². The number of carbonyl (C=O) groups is 2. The molecule has 8 nitrogen and oxygen atoms in total. The van der Waals surface area contributed by atoms with Gasteiger partial charge in [0.05, 0.1) is 39.1 Å². The monoisotopic (exact) mass is 479 g/mol. The van der Waals surface area contributed by atoms with Crippen LogP contribution in [0.1, 0.15) is 39.9 Å². The zero-order chi connectivity index (χ0) is 24.5. The zero-order valence-electron chi connectivity index (χ0n) is 20.2. The number of carbonyl (C=O) groups excluding carboxylic acids is 2. The largest absolute Gasteiger partial charge is 0.463 e. The van der Waals surface area contributed by atoms with Gasteiger partial charge in [0.25, 0.3) is 5.91 Å². The molecule has 4 rings (SSSR count). The van der Waals surface area contributed by atoms with Crippen LogP contribution in [0.5, 0.6) is 0 Å². The highest BCUT2D eigenvalue weighted by atomic mass is 16.6. The van der Waals surface area contributed by atoms with Crippen LogP contribution < -0.4 is 5.32 Å². The second-order valence-electron chi connectivity index (χ2n) is 8.90. The van der Waals surface area contributed by atoms with E-state index in [1.54, 1.807) is 25.5 Å². The molecule has 0 aromatic heterocycles. The SMILES string of the molecule is COCCOC(=O)CC1CCc2ccc(NC(=O)c3ccc(C=NN4CCOCC4)cc3)cc2C1. The number of hydrogen-bond donors (Lipinski definition) is 1. The summed E-state index contributed by atoms with van der Waals surface area (Å²) < 4.78 is 15.5. The predicted octanol–water partition coefficient (Wildman–Crippen LogP) is 3.29. The number of benzene rings is 2. The van der Waals surface area contributed by atoms with Crippen LogP contribution in [-0.2, 0) is 31.8 Å². The lowest BCUT2D eigenvalue weighted by molar-refractivity contribution is -0.146. The quantitative estimate of drug-likeness (QED) is 0.337. The summed E-state index contributed by atoms with van der Waals surface area (Å²) in [6.07, 6.45) is 4.89. The number of hydrazone groups is 1. The summed E-state index contributed by atoms with van der Waals surface area (Å²) in [7, 11) is 1.58. The van der Waals surface area contributed by atoms with Gasteiger partial charge in [-0.1, -0.05) is 18.2 Å². The maximum atomic E-state index is 12.8. The van der Waals surface area contributed by atoms with E-state index in [4.69, 9.17) is 14.2 Å². The molecule has 0 spiro atoms. The molecule has 1 aliphatic carbocycles. The van der Waals surface area contributed by atoms with Crippen molar-refractivity contribution >= 4 is 23.8 Å². The molecule has 2 aromatic rings. The Morgan fingerprint density at radius 3 is 2.69 bits per heavy atom. The van der Waals surface area contributed by atoms with Crippen molar-refractivity contribution in [2.45, 2.75) is 25.7 Å². The Morgan fingerprint density at radius 2 is 1.91 bits per heavy atom. The first kappa shape index (κ1) is 24.9. The number of nitrogens with one attached hydrogen (secondary N) is 1. The number of esters is 1. The number of morpholine rings is 1. The smallest absolute Gasteiger partial charge is 0.306 e. The normalized spacial score (nSPS) is 17.7. The maximum absolute atomic E-state index is 12.8. The molecule has 8 heteroatoms. The molecule has 1 heterocycles. The molecule has 1 aliphatic heterocycles. The van der Waals surface area contributed by atoms with Crippen molar-refractivity contribution < 1.29 is 23.8 Å². The van der Waals surface area contributed by atoms with Gasteiger partial charge >= 0.3 is 5.97 Å². The Labute approximate surface area is 206 Å². The van der Waals surface area contributed by atoms with Crippen molar-refractivity contribution in [1.82, 2.24) is 5.01 Å². The predicted molar refractivity (Wildman–Crippen MR) is 134 cm³/mol. The minimum Gasteiger partial charge on any atom is -0.463 e. The first-order valence-corrected chi connectivity index (χ1v) is 12.1. The standard InChI is InChI=1S/C27H33N3O5/c1-33-14-15-35-26(31)17-21-4-5-22-8-9-25(18-24(22)16-21)29-27(32)23-6-2-20(3-7-23)19-28-30-10-12-34-13-11-30/h2-3,6-9,18-19,21H,4-5,10-17H2,1H3,(H,29,32). The molecule has 0 radical (unpaired) electrons. The summed E-state index contributed by atoms with van der Waals surface area (Å²) in [5.74, 6) is -0.0933. The number of rotatable bonds is 9. The maximum Gasteiger partial charge on any atom is 0.306 e. The minimum absolute atomic E-state index is 0.157. The third-order valence-corrected chi connectivity index (χ3v) is 6.33. The number of fused-ring (bicyclic) bond motifs is 1. The van der Waals surface area contributed by atoms with Crippen LogP contribution in [0.3, 0.4) is 0 Å². The molecule has 1 saturated heterocycles. The Hall–Kier alpha value is -3.23. The van der Waals surface area contributed by atoms with Crippen molar-refractivity contribution in [2.75, 3.05) is 51.9 Å². The lowest BCUT2D eigenvalue weighted by atomic mass is 9.82. The molecule has 2 aliphatic rings. The van der Waals surface area contributed by atoms with E-state index in [1.807, 2.05) is 29.3 Å². The zero-order valence-corrected chi connectivity index (χ0v) is 20.2. The van der Waals surface area contributed by atoms with Gasteiger partial charge in [-0.3, -0.25) is 14.6 Å². The van der Waals surface area contributed by atoms with Gasteiger partial charge in [0.1, 0.15) is 6.61 Å². The fourth-order valence-corrected chi connectivity index (χ4v) is 4.36. The average molecular weight is 480 g/mol. The van der Waals surface area contributed by atoms with E-state index >= 15 is 0 Å². The topological polar surface area (TPSA) is 89.5 Å². The lowest BCUT2D eigenvalue weighted by Gasteiger charge is -2.24. The number of hydrogen-bond acceptors (Lipinski definition) is 7. The average Bonchev–Trinajstić information content (AvgIpc) is 2.88. The van der Waals surface area contributed by atoms with Crippen molar-refractivity contribution in [3.05, 3.63) is 64.7 Å². The highest BCUT2D eigenvalue weighted by Crippen LogP contribution is 2.30. The fourth-order valence-electron chi connectivity index (χ4n) is 4.36. The van der Waals surface area contributed by atoms with Crippen molar-refractivity contribution in [2.24, 2.45) is 11.0 Å². The number of amides is 1. The summed E-state index contributed by atoms with van der Waals surface area (Å²) >= 11 is 0. The van der Waals surface area contributed by atoms with Crippen LogP contribution in [0, 0.1) is 5.92 Å². The molecule has 0 bridgehead atoms. The van der Waals surface area contributed by atoms with Crippen LogP contribution in [0.2, 0.25) is 0 Å². The van der Waals surface area contributed by atoms with E-state index in [0.29, 0.717) is 31.8 Å². The third kappa shape index (κ3) is 7.37. The van der Waals surface area contributed by atoms with Crippen LogP contribution >= 0.6 is 0 Å². The molecule has 1 fully saturated rings. The molecule has 35 heavy (non-hydrogen) atoms. The number of ether oxygens (including phenoxy) is 3. The third-order valence-electron chi connectivity index (χ3n) is 6.33. The van der Waals surface area contributed by atoms with Crippen LogP contribution in [0.4, 0.5) is 5.69 Å². The summed E-state index contributed by atoms with van der Waals surface area (Å²) in [5, 5.41) is 9.45. The number of anilines is 1. The van der Waals surface area contributed by atoms with Gasteiger partial charge in [0.2, 0.25) is 0 Å². The van der Waals surface area contributed by atoms with Gasteiger partial charge in [0.15, 0.2) is 0 Å². The summed E-state index contributed by atoms with van der Waals surface area (Å²) in [4.78, 5) is 24.9. The number of methoxy groups -OCH3 is 1. The summed E-state index contributed by atoms with van der Waals surface area (Å²) in [5.41, 5.74) is 4.74. The molecule has 1 amide bonds. The van der Waals surface area contributed by atoms with Gasteiger partial charge in [-0.05, 0) is 66.1 Å². The second-order valence-corrected chi connectivity index (χ2v) is 8.90. The molecule has 2 aromatic carbocycles. The van der Waals surface area contributed by atoms with Gasteiger partial charge in [-0.25, -0.2) is 0 Å². The number of aryl methyl sites for hydroxylation is 1. The lowest BCUT2D eigenvalue weighted by Crippen LogP contribution is -2.32. The van der Waals surface area contributed by atoms with Crippen LogP contribution in [-0.4, -0.2) is 69.7 Å². The molecule has 0 saturated carbocycles. The fraction of sp³-hybridized carbons (Fsp3) is 0.444. The number of nitrogens with zero attached hydrogens (tertiary/aromatic N) is 2. The first-order valence-electron chi connectivity index (χ1n) is 12.1. The van der Waals surface area contributed by atoms with Crippen LogP contribution in [0.25, 0.3) is 0 Å². The van der Waals surface area contributed by atoms with Gasteiger partial charge in [-0.2, -0.15) is 5.10 Å². The van der Waals surface area contributed by atoms with E-state index in [1.165, 1.54) is 11.1 Å². The second kappa shape index (κ2) is 12.5. The van der Waals surface area contributed by atoms with E-state index in [0.717, 1.165) is 43.6 Å². The summed E-state index contributed by atoms with van der Waals surface area (Å²) in [6.45, 7) is 3.67.